The molecule has 0 saturated heterocycles. The summed E-state index contributed by atoms with van der Waals surface area (Å²) in [6.45, 7) is 4.83. The standard InChI is InChI=1S/C23H29ClN2O3/c1-3-15-25-23(28)21(4-2)26(16-14-18-8-6-5-7-9-18)22(27)17-29-20-12-10-19(24)11-13-20/h5-13,21H,3-4,14-17H2,1-2H3,(H,25,28)/t21-/m0/s1. The van der Waals surface area contributed by atoms with Gasteiger partial charge in [0.2, 0.25) is 5.91 Å². The van der Waals surface area contributed by atoms with Crippen LogP contribution < -0.4 is 10.1 Å². The minimum atomic E-state index is -0.522. The zero-order valence-electron chi connectivity index (χ0n) is 17.1. The van der Waals surface area contributed by atoms with Crippen molar-refractivity contribution in [1.82, 2.24) is 10.2 Å². The Balaban J connectivity index is 2.09. The van der Waals surface area contributed by atoms with Gasteiger partial charge in [-0.1, -0.05) is 55.8 Å². The number of halogens is 1. The number of amides is 2. The highest BCUT2D eigenvalue weighted by atomic mass is 35.5. The van der Waals surface area contributed by atoms with Crippen LogP contribution in [0.15, 0.2) is 54.6 Å². The molecule has 0 aliphatic carbocycles. The minimum absolute atomic E-state index is 0.123. The van der Waals surface area contributed by atoms with Crippen LogP contribution in [0, 0.1) is 0 Å². The molecule has 1 atom stereocenters. The number of ether oxygens (including phenoxy) is 1. The smallest absolute Gasteiger partial charge is 0.261 e. The minimum Gasteiger partial charge on any atom is -0.484 e. The van der Waals surface area contributed by atoms with Crippen LogP contribution in [-0.2, 0) is 16.0 Å². The number of nitrogens with zero attached hydrogens (tertiary/aromatic N) is 1. The van der Waals surface area contributed by atoms with Gasteiger partial charge in [0.25, 0.3) is 5.91 Å². The molecule has 0 bridgehead atoms. The average molecular weight is 417 g/mol. The molecule has 0 saturated carbocycles. The first-order valence-electron chi connectivity index (χ1n) is 10.0. The molecule has 2 aromatic carbocycles. The van der Waals surface area contributed by atoms with Gasteiger partial charge >= 0.3 is 0 Å². The van der Waals surface area contributed by atoms with E-state index in [9.17, 15) is 9.59 Å². The molecule has 2 rings (SSSR count). The first-order chi connectivity index (χ1) is 14.0. The zero-order chi connectivity index (χ0) is 21.1. The fraction of sp³-hybridized carbons (Fsp3) is 0.391. The second-order valence-electron chi connectivity index (χ2n) is 6.78. The van der Waals surface area contributed by atoms with Gasteiger partial charge in [0.05, 0.1) is 0 Å². The molecule has 0 aromatic heterocycles. The number of hydrogen-bond acceptors (Lipinski definition) is 3. The molecular formula is C23H29ClN2O3. The maximum absolute atomic E-state index is 13.0. The third-order valence-electron chi connectivity index (χ3n) is 4.60. The Morgan fingerprint density at radius 3 is 2.38 bits per heavy atom. The normalized spacial score (nSPS) is 11.6. The van der Waals surface area contributed by atoms with E-state index in [1.165, 1.54) is 0 Å². The number of rotatable bonds is 11. The van der Waals surface area contributed by atoms with Crippen LogP contribution in [0.5, 0.6) is 5.75 Å². The summed E-state index contributed by atoms with van der Waals surface area (Å²) >= 11 is 5.89. The van der Waals surface area contributed by atoms with Gasteiger partial charge in [-0.25, -0.2) is 0 Å². The van der Waals surface area contributed by atoms with E-state index in [4.69, 9.17) is 16.3 Å². The monoisotopic (exact) mass is 416 g/mol. The van der Waals surface area contributed by atoms with E-state index in [0.717, 1.165) is 12.0 Å². The van der Waals surface area contributed by atoms with Crippen LogP contribution in [-0.4, -0.2) is 42.5 Å². The molecule has 0 aliphatic rings. The molecule has 6 heteroatoms. The lowest BCUT2D eigenvalue weighted by atomic mass is 10.1. The second kappa shape index (κ2) is 12.1. The Hall–Kier alpha value is -2.53. The molecule has 2 amide bonds. The van der Waals surface area contributed by atoms with Crippen molar-refractivity contribution in [3.63, 3.8) is 0 Å². The largest absolute Gasteiger partial charge is 0.484 e. The summed E-state index contributed by atoms with van der Waals surface area (Å²) in [6, 6.07) is 16.3. The number of nitrogens with one attached hydrogen (secondary N) is 1. The molecule has 29 heavy (non-hydrogen) atoms. The van der Waals surface area contributed by atoms with Gasteiger partial charge in [-0.2, -0.15) is 0 Å². The summed E-state index contributed by atoms with van der Waals surface area (Å²) < 4.78 is 5.63. The lowest BCUT2D eigenvalue weighted by molar-refractivity contribution is -0.142. The van der Waals surface area contributed by atoms with Gasteiger partial charge in [0, 0.05) is 18.1 Å². The van der Waals surface area contributed by atoms with Gasteiger partial charge in [-0.3, -0.25) is 9.59 Å². The van der Waals surface area contributed by atoms with Crippen LogP contribution in [0.2, 0.25) is 5.02 Å². The van der Waals surface area contributed by atoms with Gasteiger partial charge in [0.15, 0.2) is 6.61 Å². The molecule has 5 nitrogen and oxygen atoms in total. The molecule has 0 unspecified atom stereocenters. The van der Waals surface area contributed by atoms with Crippen molar-refractivity contribution in [2.75, 3.05) is 19.7 Å². The number of carbonyl (C=O) groups is 2. The van der Waals surface area contributed by atoms with Crippen molar-refractivity contribution >= 4 is 23.4 Å². The maximum atomic E-state index is 13.0. The van der Waals surface area contributed by atoms with E-state index in [0.29, 0.717) is 36.7 Å². The fourth-order valence-corrected chi connectivity index (χ4v) is 3.15. The Kier molecular flexibility index (Phi) is 9.51. The van der Waals surface area contributed by atoms with Crippen LogP contribution in [0.25, 0.3) is 0 Å². The highest BCUT2D eigenvalue weighted by Gasteiger charge is 2.28. The molecule has 0 spiro atoms. The van der Waals surface area contributed by atoms with Crippen molar-refractivity contribution in [3.05, 3.63) is 65.2 Å². The predicted octanol–water partition coefficient (Wildman–Crippen LogP) is 4.09. The summed E-state index contributed by atoms with van der Waals surface area (Å²) in [6.07, 6.45) is 2.06. The third kappa shape index (κ3) is 7.42. The first kappa shape index (κ1) is 22.8. The van der Waals surface area contributed by atoms with Gasteiger partial charge in [-0.05, 0) is 49.1 Å². The van der Waals surface area contributed by atoms with Crippen molar-refractivity contribution < 1.29 is 14.3 Å². The van der Waals surface area contributed by atoms with Crippen molar-refractivity contribution in [2.24, 2.45) is 0 Å². The van der Waals surface area contributed by atoms with Crippen LogP contribution in [0.3, 0.4) is 0 Å². The number of hydrogen-bond donors (Lipinski definition) is 1. The average Bonchev–Trinajstić information content (AvgIpc) is 2.75. The summed E-state index contributed by atoms with van der Waals surface area (Å²) in [4.78, 5) is 27.3. The lowest BCUT2D eigenvalue weighted by Crippen LogP contribution is -2.51. The topological polar surface area (TPSA) is 58.6 Å². The Labute approximate surface area is 178 Å². The Bertz CT molecular complexity index is 765. The van der Waals surface area contributed by atoms with Crippen LogP contribution in [0.1, 0.15) is 32.3 Å². The fourth-order valence-electron chi connectivity index (χ4n) is 3.02. The molecule has 0 aliphatic heterocycles. The van der Waals surface area contributed by atoms with Crippen molar-refractivity contribution in [3.8, 4) is 5.75 Å². The molecule has 2 aromatic rings. The molecule has 1 N–H and O–H groups in total. The SMILES string of the molecule is CCCNC(=O)[C@H](CC)N(CCc1ccccc1)C(=O)COc1ccc(Cl)cc1. The summed E-state index contributed by atoms with van der Waals surface area (Å²) in [5.41, 5.74) is 1.12. The van der Waals surface area contributed by atoms with Crippen molar-refractivity contribution in [2.45, 2.75) is 39.2 Å². The molecule has 0 fully saturated rings. The molecule has 0 radical (unpaired) electrons. The summed E-state index contributed by atoms with van der Waals surface area (Å²) in [5.74, 6) is 0.228. The van der Waals surface area contributed by atoms with E-state index in [1.807, 2.05) is 44.2 Å². The van der Waals surface area contributed by atoms with E-state index in [2.05, 4.69) is 5.32 Å². The second-order valence-corrected chi connectivity index (χ2v) is 7.22. The molecule has 0 heterocycles. The van der Waals surface area contributed by atoms with Crippen LogP contribution in [0.4, 0.5) is 0 Å². The van der Waals surface area contributed by atoms with Crippen LogP contribution >= 0.6 is 11.6 Å². The predicted molar refractivity (Wildman–Crippen MR) is 116 cm³/mol. The van der Waals surface area contributed by atoms with E-state index in [-0.39, 0.29) is 18.4 Å². The quantitative estimate of drug-likeness (QED) is 0.600. The number of carbonyl (C=O) groups excluding carboxylic acids is 2. The first-order valence-corrected chi connectivity index (χ1v) is 10.4. The molecule has 156 valence electrons. The van der Waals surface area contributed by atoms with Gasteiger partial charge in [-0.15, -0.1) is 0 Å². The van der Waals surface area contributed by atoms with E-state index < -0.39 is 6.04 Å². The van der Waals surface area contributed by atoms with Crippen molar-refractivity contribution in [1.29, 1.82) is 0 Å². The maximum Gasteiger partial charge on any atom is 0.261 e. The highest BCUT2D eigenvalue weighted by Crippen LogP contribution is 2.16. The highest BCUT2D eigenvalue weighted by molar-refractivity contribution is 6.30. The summed E-state index contributed by atoms with van der Waals surface area (Å²) in [5, 5.41) is 3.51. The number of benzene rings is 2. The van der Waals surface area contributed by atoms with Gasteiger partial charge < -0.3 is 15.0 Å². The zero-order valence-corrected chi connectivity index (χ0v) is 17.8. The Morgan fingerprint density at radius 2 is 1.76 bits per heavy atom. The third-order valence-corrected chi connectivity index (χ3v) is 4.85. The Morgan fingerprint density at radius 1 is 1.07 bits per heavy atom. The molecular weight excluding hydrogens is 388 g/mol. The van der Waals surface area contributed by atoms with E-state index >= 15 is 0 Å². The van der Waals surface area contributed by atoms with E-state index in [1.54, 1.807) is 29.2 Å². The van der Waals surface area contributed by atoms with Gasteiger partial charge in [0.1, 0.15) is 11.8 Å². The lowest BCUT2D eigenvalue weighted by Gasteiger charge is -2.30. The summed E-state index contributed by atoms with van der Waals surface area (Å²) in [7, 11) is 0.